The Hall–Kier alpha value is -0.610. The molecule has 0 amide bonds. The molecule has 0 aliphatic carbocycles. The molecule has 0 saturated carbocycles. The van der Waals surface area contributed by atoms with Crippen LogP contribution in [0.4, 0.5) is 0 Å². The van der Waals surface area contributed by atoms with E-state index in [4.69, 9.17) is 5.73 Å². The second kappa shape index (κ2) is 5.19. The first kappa shape index (κ1) is 10.5. The molecule has 13 heavy (non-hydrogen) atoms. The summed E-state index contributed by atoms with van der Waals surface area (Å²) in [4.78, 5) is 10.9. The van der Waals surface area contributed by atoms with E-state index in [1.54, 1.807) is 0 Å². The molecule has 4 nitrogen and oxygen atoms in total. The Kier molecular flexibility index (Phi) is 4.18. The van der Waals surface area contributed by atoms with E-state index in [0.29, 0.717) is 12.3 Å². The number of carbonyl (C=O) groups is 1. The predicted molar refractivity (Wildman–Crippen MR) is 50.2 cm³/mol. The van der Waals surface area contributed by atoms with Gasteiger partial charge in [-0.1, -0.05) is 0 Å². The third-order valence-electron chi connectivity index (χ3n) is 2.62. The average molecular weight is 186 g/mol. The van der Waals surface area contributed by atoms with E-state index in [0.717, 1.165) is 25.9 Å². The summed E-state index contributed by atoms with van der Waals surface area (Å²) >= 11 is 0. The number of esters is 1. The van der Waals surface area contributed by atoms with Gasteiger partial charge in [0.1, 0.15) is 0 Å². The molecule has 1 aliphatic heterocycles. The lowest BCUT2D eigenvalue weighted by Gasteiger charge is -2.28. The highest BCUT2D eigenvalue weighted by molar-refractivity contribution is 5.69. The fourth-order valence-corrected chi connectivity index (χ4v) is 1.70. The molecule has 1 aliphatic rings. The molecular weight excluding hydrogens is 168 g/mol. The summed E-state index contributed by atoms with van der Waals surface area (Å²) in [6.07, 6.45) is 2.42. The summed E-state index contributed by atoms with van der Waals surface area (Å²) in [5, 5.41) is 3.22. The van der Waals surface area contributed by atoms with Crippen molar-refractivity contribution in [2.75, 3.05) is 20.2 Å². The molecule has 0 aromatic rings. The third kappa shape index (κ3) is 3.32. The number of hydrogen-bond donors (Lipinski definition) is 2. The zero-order valence-corrected chi connectivity index (χ0v) is 8.08. The van der Waals surface area contributed by atoms with Crippen LogP contribution in [0.25, 0.3) is 0 Å². The van der Waals surface area contributed by atoms with E-state index in [1.165, 1.54) is 7.11 Å². The van der Waals surface area contributed by atoms with Gasteiger partial charge in [0.25, 0.3) is 0 Å². The first-order valence-corrected chi connectivity index (χ1v) is 4.77. The van der Waals surface area contributed by atoms with Crippen LogP contribution < -0.4 is 11.1 Å². The normalized spacial score (nSPS) is 28.5. The van der Waals surface area contributed by atoms with Crippen LogP contribution >= 0.6 is 0 Å². The van der Waals surface area contributed by atoms with Gasteiger partial charge in [-0.25, -0.2) is 0 Å². The van der Waals surface area contributed by atoms with E-state index in [1.807, 2.05) is 0 Å². The van der Waals surface area contributed by atoms with Crippen molar-refractivity contribution in [3.05, 3.63) is 0 Å². The van der Waals surface area contributed by atoms with Gasteiger partial charge in [0.15, 0.2) is 0 Å². The van der Waals surface area contributed by atoms with Crippen LogP contribution in [-0.2, 0) is 9.53 Å². The molecule has 1 fully saturated rings. The standard InChI is InChI=1S/C9H18N2O2/c1-13-9(12)3-2-7-4-5-11-6-8(7)10/h7-8,11H,2-6,10H2,1H3/t7-,8+/m0/s1. The average Bonchev–Trinajstić information content (AvgIpc) is 2.16. The van der Waals surface area contributed by atoms with Crippen molar-refractivity contribution in [2.45, 2.75) is 25.3 Å². The second-order valence-corrected chi connectivity index (χ2v) is 3.53. The highest BCUT2D eigenvalue weighted by Gasteiger charge is 2.21. The fourth-order valence-electron chi connectivity index (χ4n) is 1.70. The van der Waals surface area contributed by atoms with Crippen LogP contribution in [0.15, 0.2) is 0 Å². The predicted octanol–water partition coefficient (Wildman–Crippen LogP) is -0.124. The van der Waals surface area contributed by atoms with Crippen molar-refractivity contribution in [3.63, 3.8) is 0 Å². The maximum atomic E-state index is 10.9. The van der Waals surface area contributed by atoms with Gasteiger partial charge in [-0.3, -0.25) is 4.79 Å². The van der Waals surface area contributed by atoms with Crippen LogP contribution in [0, 0.1) is 5.92 Å². The van der Waals surface area contributed by atoms with Gasteiger partial charge < -0.3 is 15.8 Å². The molecule has 1 saturated heterocycles. The van der Waals surface area contributed by atoms with Crippen molar-refractivity contribution in [2.24, 2.45) is 11.7 Å². The van der Waals surface area contributed by atoms with Crippen molar-refractivity contribution in [1.29, 1.82) is 0 Å². The highest BCUT2D eigenvalue weighted by atomic mass is 16.5. The van der Waals surface area contributed by atoms with Gasteiger partial charge in [-0.2, -0.15) is 0 Å². The molecule has 1 rings (SSSR count). The molecule has 0 unspecified atom stereocenters. The molecule has 1 heterocycles. The summed E-state index contributed by atoms with van der Waals surface area (Å²) in [6.45, 7) is 1.88. The quantitative estimate of drug-likeness (QED) is 0.603. The van der Waals surface area contributed by atoms with E-state index in [-0.39, 0.29) is 12.0 Å². The highest BCUT2D eigenvalue weighted by Crippen LogP contribution is 2.17. The Morgan fingerprint density at radius 2 is 2.46 bits per heavy atom. The first-order chi connectivity index (χ1) is 6.24. The lowest BCUT2D eigenvalue weighted by molar-refractivity contribution is -0.141. The Balaban J connectivity index is 2.22. The van der Waals surface area contributed by atoms with Crippen molar-refractivity contribution in [1.82, 2.24) is 5.32 Å². The van der Waals surface area contributed by atoms with E-state index in [2.05, 4.69) is 10.1 Å². The Morgan fingerprint density at radius 3 is 3.08 bits per heavy atom. The van der Waals surface area contributed by atoms with E-state index < -0.39 is 0 Å². The molecule has 4 heteroatoms. The number of ether oxygens (including phenoxy) is 1. The summed E-state index contributed by atoms with van der Waals surface area (Å²) in [5.41, 5.74) is 5.89. The summed E-state index contributed by atoms with van der Waals surface area (Å²) in [5.74, 6) is 0.339. The molecule has 3 N–H and O–H groups in total. The minimum Gasteiger partial charge on any atom is -0.469 e. The van der Waals surface area contributed by atoms with Crippen LogP contribution in [-0.4, -0.2) is 32.2 Å². The maximum Gasteiger partial charge on any atom is 0.305 e. The number of nitrogens with two attached hydrogens (primary N) is 1. The second-order valence-electron chi connectivity index (χ2n) is 3.53. The lowest BCUT2D eigenvalue weighted by atomic mass is 9.89. The summed E-state index contributed by atoms with van der Waals surface area (Å²) < 4.78 is 4.58. The monoisotopic (exact) mass is 186 g/mol. The third-order valence-corrected chi connectivity index (χ3v) is 2.62. The SMILES string of the molecule is COC(=O)CC[C@H]1CCNC[C@H]1N. The number of hydrogen-bond acceptors (Lipinski definition) is 4. The van der Waals surface area contributed by atoms with Gasteiger partial charge in [0, 0.05) is 19.0 Å². The van der Waals surface area contributed by atoms with Crippen molar-refractivity contribution >= 4 is 5.97 Å². The maximum absolute atomic E-state index is 10.9. The van der Waals surface area contributed by atoms with Crippen LogP contribution in [0.5, 0.6) is 0 Å². The Labute approximate surface area is 78.8 Å². The van der Waals surface area contributed by atoms with Gasteiger partial charge in [-0.05, 0) is 25.3 Å². The van der Waals surface area contributed by atoms with E-state index >= 15 is 0 Å². The number of rotatable bonds is 3. The number of carbonyl (C=O) groups excluding carboxylic acids is 1. The van der Waals surface area contributed by atoms with Gasteiger partial charge >= 0.3 is 5.97 Å². The topological polar surface area (TPSA) is 64.3 Å². The van der Waals surface area contributed by atoms with Gasteiger partial charge in [0.2, 0.25) is 0 Å². The molecule has 76 valence electrons. The minimum atomic E-state index is -0.134. The molecule has 0 bridgehead atoms. The number of methoxy groups -OCH3 is 1. The first-order valence-electron chi connectivity index (χ1n) is 4.77. The molecule has 0 aromatic carbocycles. The smallest absolute Gasteiger partial charge is 0.305 e. The molecule has 0 aromatic heterocycles. The minimum absolute atomic E-state index is 0.134. The summed E-state index contributed by atoms with van der Waals surface area (Å²) in [6, 6.07) is 0.193. The van der Waals surface area contributed by atoms with Crippen molar-refractivity contribution < 1.29 is 9.53 Å². The molecule has 0 radical (unpaired) electrons. The Morgan fingerprint density at radius 1 is 1.69 bits per heavy atom. The van der Waals surface area contributed by atoms with Crippen LogP contribution in [0.3, 0.4) is 0 Å². The summed E-state index contributed by atoms with van der Waals surface area (Å²) in [7, 11) is 1.42. The molecular formula is C9H18N2O2. The van der Waals surface area contributed by atoms with Gasteiger partial charge in [-0.15, -0.1) is 0 Å². The van der Waals surface area contributed by atoms with Crippen LogP contribution in [0.1, 0.15) is 19.3 Å². The van der Waals surface area contributed by atoms with Crippen molar-refractivity contribution in [3.8, 4) is 0 Å². The molecule has 2 atom stereocenters. The molecule has 0 spiro atoms. The lowest BCUT2D eigenvalue weighted by Crippen LogP contribution is -2.46. The van der Waals surface area contributed by atoms with Gasteiger partial charge in [0.05, 0.1) is 7.11 Å². The number of nitrogens with one attached hydrogen (secondary N) is 1. The zero-order valence-electron chi connectivity index (χ0n) is 8.08. The fraction of sp³-hybridized carbons (Fsp3) is 0.889. The van der Waals surface area contributed by atoms with Crippen LogP contribution in [0.2, 0.25) is 0 Å². The largest absolute Gasteiger partial charge is 0.469 e. The van der Waals surface area contributed by atoms with E-state index in [9.17, 15) is 4.79 Å². The zero-order chi connectivity index (χ0) is 9.68. The number of piperidine rings is 1. The Bertz CT molecular complexity index is 173.